The van der Waals surface area contributed by atoms with E-state index in [0.29, 0.717) is 0 Å². The van der Waals surface area contributed by atoms with Crippen LogP contribution in [0.1, 0.15) is 13.3 Å². The molecular weight excluding hydrogens is 228 g/mol. The van der Waals surface area contributed by atoms with Crippen LogP contribution < -0.4 is 17.0 Å². The van der Waals surface area contributed by atoms with Crippen LogP contribution in [-0.2, 0) is 27.3 Å². The number of hydrogen-bond donors (Lipinski definition) is 0. The standard InChI is InChI=1S/C3H7.BrH.Cd/c1-3-2;;/h1,3H2,2H3;1H;/q-1;;+2/p-1. The third-order valence-electron chi connectivity index (χ3n) is 0. The van der Waals surface area contributed by atoms with E-state index in [9.17, 15) is 0 Å². The second kappa shape index (κ2) is 18.1. The summed E-state index contributed by atoms with van der Waals surface area (Å²) >= 11 is 0. The molecule has 5 heavy (non-hydrogen) atoms. The molecule has 0 fully saturated rings. The van der Waals surface area contributed by atoms with Crippen molar-refractivity contribution in [3.63, 3.8) is 0 Å². The summed E-state index contributed by atoms with van der Waals surface area (Å²) in [5, 5.41) is 0. The van der Waals surface area contributed by atoms with Crippen molar-refractivity contribution in [1.29, 1.82) is 0 Å². The topological polar surface area (TPSA) is 0 Å². The summed E-state index contributed by atoms with van der Waals surface area (Å²) in [6, 6.07) is 0. The Morgan fingerprint density at radius 1 is 1.60 bits per heavy atom. The molecule has 0 aromatic heterocycles. The fraction of sp³-hybridized carbons (Fsp3) is 0.667. The first-order valence-corrected chi connectivity index (χ1v) is 1.21. The Bertz CT molecular complexity index is 6.85. The fourth-order valence-corrected chi connectivity index (χ4v) is 0. The summed E-state index contributed by atoms with van der Waals surface area (Å²) in [4.78, 5) is 0. The maximum absolute atomic E-state index is 3.49. The van der Waals surface area contributed by atoms with Gasteiger partial charge >= 0.3 is 27.3 Å². The predicted molar refractivity (Wildman–Crippen MR) is 15.6 cm³/mol. The molecule has 0 amide bonds. The molecule has 0 bridgehead atoms. The van der Waals surface area contributed by atoms with Gasteiger partial charge in [0, 0.05) is 0 Å². The molecule has 0 aliphatic carbocycles. The van der Waals surface area contributed by atoms with Crippen LogP contribution in [0.15, 0.2) is 0 Å². The molecule has 0 saturated heterocycles. The molecule has 0 N–H and O–H groups in total. The minimum Gasteiger partial charge on any atom is -1.00 e. The average Bonchev–Trinajstić information content (AvgIpc) is 0.918. The molecule has 0 rings (SSSR count). The number of halogens is 1. The number of hydrogen-bond acceptors (Lipinski definition) is 0. The Hall–Kier alpha value is 1.40. The summed E-state index contributed by atoms with van der Waals surface area (Å²) in [6.45, 7) is 5.50. The second-order valence-corrected chi connectivity index (χ2v) is 0.500. The Morgan fingerprint density at radius 3 is 1.60 bits per heavy atom. The van der Waals surface area contributed by atoms with Gasteiger partial charge in [0.15, 0.2) is 0 Å². The Kier molecular flexibility index (Phi) is 58.6. The van der Waals surface area contributed by atoms with Crippen LogP contribution in [0.4, 0.5) is 0 Å². The smallest absolute Gasteiger partial charge is 1.00 e. The molecule has 0 unspecified atom stereocenters. The van der Waals surface area contributed by atoms with Crippen LogP contribution in [0.3, 0.4) is 0 Å². The van der Waals surface area contributed by atoms with Gasteiger partial charge in [-0.3, -0.25) is 0 Å². The molecule has 0 saturated carbocycles. The minimum atomic E-state index is 0. The molecule has 0 aromatic carbocycles. The zero-order chi connectivity index (χ0) is 2.71. The average molecular weight is 235 g/mol. The number of rotatable bonds is 0. The van der Waals surface area contributed by atoms with E-state index in [1.807, 2.05) is 6.92 Å². The van der Waals surface area contributed by atoms with E-state index in [2.05, 4.69) is 6.92 Å². The van der Waals surface area contributed by atoms with Gasteiger partial charge in [0.05, 0.1) is 0 Å². The van der Waals surface area contributed by atoms with E-state index >= 15 is 0 Å². The molecule has 0 spiro atoms. The summed E-state index contributed by atoms with van der Waals surface area (Å²) < 4.78 is 0. The van der Waals surface area contributed by atoms with Crippen molar-refractivity contribution in [2.75, 3.05) is 0 Å². The fourth-order valence-electron chi connectivity index (χ4n) is 0. The van der Waals surface area contributed by atoms with Gasteiger partial charge in [-0.2, -0.15) is 6.42 Å². The van der Waals surface area contributed by atoms with Gasteiger partial charge in [0.2, 0.25) is 0 Å². The Labute approximate surface area is 64.3 Å². The van der Waals surface area contributed by atoms with E-state index in [0.717, 1.165) is 6.42 Å². The summed E-state index contributed by atoms with van der Waals surface area (Å²) in [7, 11) is 0. The Balaban J connectivity index is -0.0000000200. The zero-order valence-corrected chi connectivity index (χ0v) is 9.12. The maximum atomic E-state index is 3.49. The molecular formula is C3H7BrCd. The van der Waals surface area contributed by atoms with Crippen LogP contribution in [0.25, 0.3) is 0 Å². The van der Waals surface area contributed by atoms with Crippen molar-refractivity contribution < 1.29 is 44.3 Å². The van der Waals surface area contributed by atoms with Crippen LogP contribution in [0.5, 0.6) is 0 Å². The van der Waals surface area contributed by atoms with Gasteiger partial charge in [-0.25, -0.2) is 0 Å². The monoisotopic (exact) mass is 236 g/mol. The van der Waals surface area contributed by atoms with E-state index in [1.54, 1.807) is 0 Å². The van der Waals surface area contributed by atoms with Crippen molar-refractivity contribution in [1.82, 2.24) is 0 Å². The molecule has 0 aliphatic rings. The maximum Gasteiger partial charge on any atom is 2.00 e. The van der Waals surface area contributed by atoms with Crippen molar-refractivity contribution >= 4 is 0 Å². The van der Waals surface area contributed by atoms with Gasteiger partial charge in [0.1, 0.15) is 0 Å². The molecule has 2 heteroatoms. The third-order valence-corrected chi connectivity index (χ3v) is 0. The minimum absolute atomic E-state index is 0. The summed E-state index contributed by atoms with van der Waals surface area (Å²) in [6.07, 6.45) is 1.00. The normalized spacial score (nSPS) is 3.60. The van der Waals surface area contributed by atoms with Crippen molar-refractivity contribution in [3.8, 4) is 0 Å². The van der Waals surface area contributed by atoms with E-state index in [-0.39, 0.29) is 44.3 Å². The summed E-state index contributed by atoms with van der Waals surface area (Å²) in [5.74, 6) is 0. The second-order valence-electron chi connectivity index (χ2n) is 0.500. The van der Waals surface area contributed by atoms with Gasteiger partial charge in [-0.1, -0.05) is 6.92 Å². The van der Waals surface area contributed by atoms with E-state index < -0.39 is 0 Å². The van der Waals surface area contributed by atoms with Gasteiger partial charge in [0.25, 0.3) is 0 Å². The molecule has 0 atom stereocenters. The Morgan fingerprint density at radius 2 is 1.60 bits per heavy atom. The first-order chi connectivity index (χ1) is 1.41. The zero-order valence-electron chi connectivity index (χ0n) is 3.50. The van der Waals surface area contributed by atoms with Gasteiger partial charge in [-0.15, -0.1) is 0 Å². The molecule has 0 radical (unpaired) electrons. The summed E-state index contributed by atoms with van der Waals surface area (Å²) in [5.41, 5.74) is 0. The van der Waals surface area contributed by atoms with E-state index in [4.69, 9.17) is 0 Å². The van der Waals surface area contributed by atoms with Gasteiger partial charge in [-0.05, 0) is 0 Å². The van der Waals surface area contributed by atoms with E-state index in [1.165, 1.54) is 0 Å². The van der Waals surface area contributed by atoms with Gasteiger partial charge < -0.3 is 23.9 Å². The van der Waals surface area contributed by atoms with Crippen LogP contribution in [0, 0.1) is 6.92 Å². The van der Waals surface area contributed by atoms with Crippen LogP contribution in [0.2, 0.25) is 0 Å². The first kappa shape index (κ1) is 16.1. The van der Waals surface area contributed by atoms with Crippen LogP contribution >= 0.6 is 0 Å². The molecule has 0 nitrogen and oxygen atoms in total. The molecule has 0 heterocycles. The molecule has 28 valence electrons. The predicted octanol–water partition coefficient (Wildman–Crippen LogP) is -1.77. The molecule has 0 aromatic rings. The van der Waals surface area contributed by atoms with Crippen LogP contribution in [-0.4, -0.2) is 0 Å². The SMILES string of the molecule is [Br-].[CH2-]CC.[Cd+2]. The van der Waals surface area contributed by atoms with Crippen molar-refractivity contribution in [2.24, 2.45) is 0 Å². The first-order valence-electron chi connectivity index (χ1n) is 1.21. The van der Waals surface area contributed by atoms with Crippen molar-refractivity contribution in [3.05, 3.63) is 6.92 Å². The third kappa shape index (κ3) is 31.8. The van der Waals surface area contributed by atoms with Crippen molar-refractivity contribution in [2.45, 2.75) is 13.3 Å². The molecule has 0 aliphatic heterocycles. The largest absolute Gasteiger partial charge is 2.00 e. The quantitative estimate of drug-likeness (QED) is 0.344.